The van der Waals surface area contributed by atoms with Crippen LogP contribution in [-0.2, 0) is 0 Å². The maximum Gasteiger partial charge on any atom is 0.190 e. The molecule has 5 heterocycles. The van der Waals surface area contributed by atoms with Gasteiger partial charge >= 0.3 is 0 Å². The van der Waals surface area contributed by atoms with E-state index in [1.807, 2.05) is 42.5 Å². The summed E-state index contributed by atoms with van der Waals surface area (Å²) in [6.07, 6.45) is 12.2. The molecule has 34 heavy (non-hydrogen) atoms. The molecule has 0 atom stereocenters. The summed E-state index contributed by atoms with van der Waals surface area (Å²) in [5, 5.41) is 43.0. The van der Waals surface area contributed by atoms with Crippen molar-refractivity contribution in [2.45, 2.75) is 0 Å². The van der Waals surface area contributed by atoms with Gasteiger partial charge in [0.25, 0.3) is 0 Å². The highest BCUT2D eigenvalue weighted by molar-refractivity contribution is 6.33. The van der Waals surface area contributed by atoms with Gasteiger partial charge in [0.2, 0.25) is 0 Å². The Kier molecular flexibility index (Phi) is 4.21. The highest BCUT2D eigenvalue weighted by Crippen LogP contribution is 2.36. The van der Waals surface area contributed by atoms with Crippen LogP contribution in [0.15, 0.2) is 139 Å². The number of aliphatic imine (C=N–C) groups is 4. The highest BCUT2D eigenvalue weighted by atomic mass is 16.3. The van der Waals surface area contributed by atoms with E-state index >= 15 is 0 Å². The molecule has 6 rings (SSSR count). The molecule has 164 valence electrons. The van der Waals surface area contributed by atoms with Crippen molar-refractivity contribution in [1.82, 2.24) is 0 Å². The van der Waals surface area contributed by atoms with Crippen LogP contribution in [0.2, 0.25) is 0 Å². The summed E-state index contributed by atoms with van der Waals surface area (Å²) in [5.41, 5.74) is 3.43. The first-order chi connectivity index (χ1) is 16.5. The van der Waals surface area contributed by atoms with Crippen molar-refractivity contribution in [2.75, 3.05) is 0 Å². The Morgan fingerprint density at radius 3 is 1.97 bits per heavy atom. The summed E-state index contributed by atoms with van der Waals surface area (Å²) in [6.45, 7) is 0. The molecule has 8 heteroatoms. The largest absolute Gasteiger partial charge is 0.505 e. The molecule has 1 aromatic carbocycles. The number of rotatable bonds is 1. The minimum atomic E-state index is -0.623. The molecule has 8 nitrogen and oxygen atoms in total. The van der Waals surface area contributed by atoms with Gasteiger partial charge in [0.1, 0.15) is 5.70 Å². The molecule has 0 amide bonds. The second-order valence-electron chi connectivity index (χ2n) is 7.85. The van der Waals surface area contributed by atoms with Gasteiger partial charge in [-0.25, -0.2) is 20.0 Å². The van der Waals surface area contributed by atoms with E-state index < -0.39 is 17.3 Å². The molecule has 0 saturated heterocycles. The molecule has 0 radical (unpaired) electrons. The van der Waals surface area contributed by atoms with Crippen molar-refractivity contribution in [2.24, 2.45) is 20.0 Å². The number of hydrogen-bond donors (Lipinski definition) is 4. The van der Waals surface area contributed by atoms with Crippen LogP contribution < -0.4 is 0 Å². The normalized spacial score (nSPS) is 20.9. The molecule has 1 aromatic rings. The number of hydrogen-bond acceptors (Lipinski definition) is 8. The monoisotopic (exact) mass is 448 g/mol. The topological polar surface area (TPSA) is 130 Å². The Morgan fingerprint density at radius 1 is 0.559 bits per heavy atom. The van der Waals surface area contributed by atoms with Crippen molar-refractivity contribution >= 4 is 28.4 Å². The quantitative estimate of drug-likeness (QED) is 0.498. The van der Waals surface area contributed by atoms with Crippen molar-refractivity contribution < 1.29 is 20.4 Å². The Labute approximate surface area is 193 Å². The van der Waals surface area contributed by atoms with Crippen LogP contribution in [0.4, 0.5) is 0 Å². The smallest absolute Gasteiger partial charge is 0.190 e. The number of benzene rings is 1. The number of allylic oxidation sites excluding steroid dienone is 8. The predicted molar refractivity (Wildman–Crippen MR) is 130 cm³/mol. The molecule has 0 saturated carbocycles. The van der Waals surface area contributed by atoms with E-state index in [1.54, 1.807) is 24.3 Å². The zero-order valence-electron chi connectivity index (χ0n) is 17.5. The maximum atomic E-state index is 11.1. The summed E-state index contributed by atoms with van der Waals surface area (Å²) in [6, 6.07) is 9.12. The van der Waals surface area contributed by atoms with Crippen molar-refractivity contribution in [3.8, 4) is 0 Å². The Hall–Kier alpha value is -4.98. The minimum absolute atomic E-state index is 0.0191. The third-order valence-electron chi connectivity index (χ3n) is 5.62. The SMILES string of the molecule is OC1=C(O)C2=NC1=CC1=NC(=CC3=NC(=CC4=NC(=C2O)C(O)=C4c2ccccc2)C=C3)C=C1. The standard InChI is InChI=1S/C26H16N4O4/c31-23-19-12-17-9-7-15(28-17)10-14-6-8-16(27-14)11-18-20(13-4-2-1-3-5-13)24(32)21(29-18)25(33)22(30-19)26(23)34/h1-12,31-34H. The van der Waals surface area contributed by atoms with E-state index in [9.17, 15) is 20.4 Å². The average molecular weight is 448 g/mol. The van der Waals surface area contributed by atoms with E-state index in [4.69, 9.17) is 0 Å². The Bertz CT molecular complexity index is 1550. The van der Waals surface area contributed by atoms with Crippen LogP contribution >= 0.6 is 0 Å². The molecule has 0 unspecified atom stereocenters. The fourth-order valence-electron chi connectivity index (χ4n) is 4.01. The third kappa shape index (κ3) is 3.08. The fourth-order valence-corrected chi connectivity index (χ4v) is 4.01. The zero-order chi connectivity index (χ0) is 23.4. The van der Waals surface area contributed by atoms with E-state index in [2.05, 4.69) is 20.0 Å². The summed E-state index contributed by atoms with van der Waals surface area (Å²) in [5.74, 6) is -1.99. The van der Waals surface area contributed by atoms with E-state index in [-0.39, 0.29) is 22.9 Å². The van der Waals surface area contributed by atoms with Crippen molar-refractivity contribution in [3.63, 3.8) is 0 Å². The summed E-state index contributed by atoms with van der Waals surface area (Å²) in [7, 11) is 0. The predicted octanol–water partition coefficient (Wildman–Crippen LogP) is 4.65. The second kappa shape index (κ2) is 7.28. The molecular formula is C26H16N4O4. The van der Waals surface area contributed by atoms with Gasteiger partial charge < -0.3 is 20.4 Å². The molecule has 4 N–H and O–H groups in total. The molecular weight excluding hydrogens is 432 g/mol. The highest BCUT2D eigenvalue weighted by Gasteiger charge is 2.33. The number of aliphatic hydroxyl groups is 4. The van der Waals surface area contributed by atoms with Gasteiger partial charge in [-0.3, -0.25) is 0 Å². The number of aliphatic hydroxyl groups excluding tert-OH is 4. The first-order valence-corrected chi connectivity index (χ1v) is 10.4. The van der Waals surface area contributed by atoms with Crippen LogP contribution in [0, 0.1) is 0 Å². The molecule has 5 aliphatic heterocycles. The fraction of sp³-hybridized carbons (Fsp3) is 0. The first-order valence-electron chi connectivity index (χ1n) is 10.4. The number of nitrogens with zero attached hydrogens (tertiary/aromatic N) is 4. The van der Waals surface area contributed by atoms with Gasteiger partial charge in [0, 0.05) is 0 Å². The van der Waals surface area contributed by atoms with Crippen LogP contribution in [0.1, 0.15) is 5.56 Å². The van der Waals surface area contributed by atoms with E-state index in [1.165, 1.54) is 6.08 Å². The average Bonchev–Trinajstić information content (AvgIpc) is 3.59. The van der Waals surface area contributed by atoms with Crippen LogP contribution in [0.25, 0.3) is 5.57 Å². The summed E-state index contributed by atoms with van der Waals surface area (Å²) < 4.78 is 0. The zero-order valence-corrected chi connectivity index (χ0v) is 17.5. The summed E-state index contributed by atoms with van der Waals surface area (Å²) in [4.78, 5) is 17.7. The van der Waals surface area contributed by atoms with E-state index in [0.717, 1.165) is 0 Å². The van der Waals surface area contributed by atoms with Crippen molar-refractivity contribution in [1.29, 1.82) is 0 Å². The van der Waals surface area contributed by atoms with Gasteiger partial charge in [-0.1, -0.05) is 30.3 Å². The molecule has 8 bridgehead atoms. The van der Waals surface area contributed by atoms with E-state index in [0.29, 0.717) is 39.7 Å². The lowest BCUT2D eigenvalue weighted by Gasteiger charge is -2.05. The first kappa shape index (κ1) is 19.7. The second-order valence-corrected chi connectivity index (χ2v) is 7.85. The summed E-state index contributed by atoms with van der Waals surface area (Å²) >= 11 is 0. The lowest BCUT2D eigenvalue weighted by molar-refractivity contribution is 0.354. The van der Waals surface area contributed by atoms with Crippen LogP contribution in [0.3, 0.4) is 0 Å². The van der Waals surface area contributed by atoms with Crippen LogP contribution in [0.5, 0.6) is 0 Å². The molecule has 5 aliphatic rings. The molecule has 0 fully saturated rings. The maximum absolute atomic E-state index is 11.1. The van der Waals surface area contributed by atoms with Crippen LogP contribution in [-0.4, -0.2) is 43.3 Å². The number of fused-ring (bicyclic) bond motifs is 4. The van der Waals surface area contributed by atoms with Gasteiger partial charge in [-0.15, -0.1) is 0 Å². The van der Waals surface area contributed by atoms with Gasteiger partial charge in [-0.05, 0) is 48.1 Å². The molecule has 0 spiro atoms. The van der Waals surface area contributed by atoms with Gasteiger partial charge in [0.05, 0.1) is 34.1 Å². The van der Waals surface area contributed by atoms with Gasteiger partial charge in [-0.2, -0.15) is 0 Å². The molecule has 0 aromatic heterocycles. The minimum Gasteiger partial charge on any atom is -0.505 e. The lowest BCUT2D eigenvalue weighted by atomic mass is 10.00. The molecule has 0 aliphatic carbocycles. The Balaban J connectivity index is 1.62. The Morgan fingerprint density at radius 2 is 1.24 bits per heavy atom. The van der Waals surface area contributed by atoms with Gasteiger partial charge in [0.15, 0.2) is 34.4 Å². The van der Waals surface area contributed by atoms with Crippen molar-refractivity contribution in [3.05, 3.63) is 124 Å². The lowest BCUT2D eigenvalue weighted by Crippen LogP contribution is -2.07. The third-order valence-corrected chi connectivity index (χ3v) is 5.62.